The molecule has 1 saturated carbocycles. The smallest absolute Gasteiger partial charge is 0.415 e. The first-order valence-corrected chi connectivity index (χ1v) is 11.0. The summed E-state index contributed by atoms with van der Waals surface area (Å²) in [6.07, 6.45) is 6.25. The van der Waals surface area contributed by atoms with Crippen LogP contribution in [0.5, 0.6) is 0 Å². The molecule has 9 heteroatoms. The van der Waals surface area contributed by atoms with Gasteiger partial charge in [-0.25, -0.2) is 14.5 Å². The molecule has 3 heterocycles. The Hall–Kier alpha value is -1.90. The lowest BCUT2D eigenvalue weighted by Crippen LogP contribution is -2.42. The Kier molecular flexibility index (Phi) is 5.92. The van der Waals surface area contributed by atoms with Crippen molar-refractivity contribution in [1.29, 1.82) is 0 Å². The molecule has 1 aliphatic heterocycles. The highest BCUT2D eigenvalue weighted by Crippen LogP contribution is 2.37. The summed E-state index contributed by atoms with van der Waals surface area (Å²) in [5, 5.41) is 14.9. The van der Waals surface area contributed by atoms with Gasteiger partial charge in [0.1, 0.15) is 10.8 Å². The molecular weight excluding hydrogens is 408 g/mol. The van der Waals surface area contributed by atoms with Gasteiger partial charge in [-0.3, -0.25) is 4.90 Å². The number of carbonyl (C=O) groups is 1. The third-order valence-corrected chi connectivity index (χ3v) is 5.81. The van der Waals surface area contributed by atoms with Crippen LogP contribution in [-0.4, -0.2) is 50.3 Å². The second-order valence-corrected chi connectivity index (χ2v) is 9.44. The number of anilines is 1. The molecule has 164 valence electrons. The molecule has 4 rings (SSSR count). The molecule has 0 aromatic carbocycles. The average molecular weight is 437 g/mol. The maximum atomic E-state index is 13.2. The van der Waals surface area contributed by atoms with Crippen LogP contribution in [-0.2, 0) is 9.47 Å². The fraction of sp³-hybridized carbons (Fsp3) is 0.667. The van der Waals surface area contributed by atoms with Crippen LogP contribution in [0.1, 0.15) is 65.5 Å². The molecular formula is C21H29ClN4O4. The van der Waals surface area contributed by atoms with E-state index in [0.29, 0.717) is 11.3 Å². The molecule has 2 aromatic rings. The predicted molar refractivity (Wildman–Crippen MR) is 114 cm³/mol. The summed E-state index contributed by atoms with van der Waals surface area (Å²) in [5.74, 6) is 0. The number of fused-ring (bicyclic) bond motifs is 1. The van der Waals surface area contributed by atoms with Crippen LogP contribution in [0.25, 0.3) is 11.0 Å². The number of ether oxygens (including phenoxy) is 2. The molecule has 1 unspecified atom stereocenters. The van der Waals surface area contributed by atoms with Crippen molar-refractivity contribution in [1.82, 2.24) is 14.8 Å². The Morgan fingerprint density at radius 2 is 2.07 bits per heavy atom. The number of amides is 1. The van der Waals surface area contributed by atoms with Crippen molar-refractivity contribution in [3.63, 3.8) is 0 Å². The van der Waals surface area contributed by atoms with Crippen LogP contribution in [0.15, 0.2) is 12.3 Å². The summed E-state index contributed by atoms with van der Waals surface area (Å²) in [4.78, 5) is 19.4. The van der Waals surface area contributed by atoms with E-state index in [4.69, 9.17) is 21.1 Å². The zero-order chi connectivity index (χ0) is 21.5. The van der Waals surface area contributed by atoms with Crippen molar-refractivity contribution in [3.8, 4) is 0 Å². The van der Waals surface area contributed by atoms with Crippen LogP contribution in [0.3, 0.4) is 0 Å². The molecule has 2 aromatic heterocycles. The quantitative estimate of drug-likeness (QED) is 0.712. The summed E-state index contributed by atoms with van der Waals surface area (Å²) >= 11 is 6.39. The largest absolute Gasteiger partial charge is 0.443 e. The number of hydrogen-bond donors (Lipinski definition) is 1. The van der Waals surface area contributed by atoms with E-state index in [1.165, 1.54) is 0 Å². The SMILES string of the molecule is CC(C)(C)OC(=O)N(c1cc(Cl)nc2c1cnn2C1CC[C@@H](CO)O1)C1CCCC1. The molecule has 0 radical (unpaired) electrons. The van der Waals surface area contributed by atoms with Crippen LogP contribution in [0.4, 0.5) is 10.5 Å². The van der Waals surface area contributed by atoms with Crippen molar-refractivity contribution in [2.45, 2.75) is 83.3 Å². The van der Waals surface area contributed by atoms with E-state index in [2.05, 4.69) is 10.1 Å². The number of nitrogens with zero attached hydrogens (tertiary/aromatic N) is 4. The van der Waals surface area contributed by atoms with Crippen molar-refractivity contribution in [2.24, 2.45) is 0 Å². The minimum Gasteiger partial charge on any atom is -0.443 e. The second kappa shape index (κ2) is 8.32. The first kappa shape index (κ1) is 21.3. The zero-order valence-corrected chi connectivity index (χ0v) is 18.4. The van der Waals surface area contributed by atoms with Gasteiger partial charge in [-0.1, -0.05) is 24.4 Å². The average Bonchev–Trinajstić information content (AvgIpc) is 3.40. The van der Waals surface area contributed by atoms with E-state index < -0.39 is 5.60 Å². The normalized spacial score (nSPS) is 22.7. The highest BCUT2D eigenvalue weighted by molar-refractivity contribution is 6.30. The Balaban J connectivity index is 1.76. The first-order chi connectivity index (χ1) is 14.3. The molecule has 1 aliphatic carbocycles. The lowest BCUT2D eigenvalue weighted by atomic mass is 10.1. The topological polar surface area (TPSA) is 89.7 Å². The third kappa shape index (κ3) is 4.26. The number of rotatable bonds is 4. The maximum Gasteiger partial charge on any atom is 0.415 e. The van der Waals surface area contributed by atoms with Crippen LogP contribution >= 0.6 is 11.6 Å². The Bertz CT molecular complexity index is 920. The van der Waals surface area contributed by atoms with Crippen LogP contribution in [0, 0.1) is 0 Å². The van der Waals surface area contributed by atoms with Crippen molar-refractivity contribution < 1.29 is 19.4 Å². The molecule has 2 aliphatic rings. The van der Waals surface area contributed by atoms with Gasteiger partial charge in [0, 0.05) is 12.1 Å². The molecule has 8 nitrogen and oxygen atoms in total. The van der Waals surface area contributed by atoms with E-state index in [1.807, 2.05) is 20.8 Å². The molecule has 0 bridgehead atoms. The van der Waals surface area contributed by atoms with Crippen molar-refractivity contribution in [2.75, 3.05) is 11.5 Å². The lowest BCUT2D eigenvalue weighted by Gasteiger charge is -2.32. The molecule has 1 saturated heterocycles. The number of aliphatic hydroxyl groups excluding tert-OH is 1. The second-order valence-electron chi connectivity index (χ2n) is 9.05. The van der Waals surface area contributed by atoms with Crippen molar-refractivity contribution in [3.05, 3.63) is 17.4 Å². The molecule has 1 amide bonds. The maximum absolute atomic E-state index is 13.2. The van der Waals surface area contributed by atoms with E-state index in [-0.39, 0.29) is 36.2 Å². The minimum atomic E-state index is -0.606. The molecule has 2 fully saturated rings. The Morgan fingerprint density at radius 3 is 2.70 bits per heavy atom. The van der Waals surface area contributed by atoms with Gasteiger partial charge in [0.25, 0.3) is 0 Å². The van der Waals surface area contributed by atoms with Gasteiger partial charge >= 0.3 is 6.09 Å². The van der Waals surface area contributed by atoms with Crippen LogP contribution in [0.2, 0.25) is 5.15 Å². The number of halogens is 1. The number of aromatic nitrogens is 3. The monoisotopic (exact) mass is 436 g/mol. The highest BCUT2D eigenvalue weighted by Gasteiger charge is 2.34. The van der Waals surface area contributed by atoms with Gasteiger partial charge in [-0.05, 0) is 46.5 Å². The van der Waals surface area contributed by atoms with E-state index in [9.17, 15) is 9.90 Å². The Morgan fingerprint density at radius 1 is 1.33 bits per heavy atom. The highest BCUT2D eigenvalue weighted by atomic mass is 35.5. The van der Waals surface area contributed by atoms with Gasteiger partial charge < -0.3 is 14.6 Å². The summed E-state index contributed by atoms with van der Waals surface area (Å²) in [6.45, 7) is 5.56. The van der Waals surface area contributed by atoms with E-state index in [0.717, 1.165) is 43.9 Å². The van der Waals surface area contributed by atoms with E-state index >= 15 is 0 Å². The summed E-state index contributed by atoms with van der Waals surface area (Å²) in [6, 6.07) is 1.76. The summed E-state index contributed by atoms with van der Waals surface area (Å²) in [7, 11) is 0. The number of carbonyl (C=O) groups excluding carboxylic acids is 1. The molecule has 30 heavy (non-hydrogen) atoms. The number of aliphatic hydroxyl groups is 1. The van der Waals surface area contributed by atoms with Gasteiger partial charge in [-0.15, -0.1) is 0 Å². The van der Waals surface area contributed by atoms with Crippen LogP contribution < -0.4 is 4.90 Å². The first-order valence-electron chi connectivity index (χ1n) is 10.6. The third-order valence-electron chi connectivity index (χ3n) is 5.61. The Labute approximate surface area is 181 Å². The number of pyridine rings is 1. The number of hydrogen-bond acceptors (Lipinski definition) is 6. The van der Waals surface area contributed by atoms with Crippen molar-refractivity contribution >= 4 is 34.4 Å². The summed E-state index contributed by atoms with van der Waals surface area (Å²) in [5.41, 5.74) is 0.618. The van der Waals surface area contributed by atoms with Gasteiger partial charge in [0.2, 0.25) is 0 Å². The standard InChI is InChI=1S/C21H29ClN4O4/c1-21(2,3)30-20(28)25(13-6-4-5-7-13)16-10-17(22)24-19-15(16)11-23-26(19)18-9-8-14(12-27)29-18/h10-11,13-14,18,27H,4-9,12H2,1-3H3/t14-,18?/m0/s1. The van der Waals surface area contributed by atoms with E-state index in [1.54, 1.807) is 21.8 Å². The zero-order valence-electron chi connectivity index (χ0n) is 17.7. The molecule has 0 spiro atoms. The molecule has 1 N–H and O–H groups in total. The van der Waals surface area contributed by atoms with Gasteiger partial charge in [0.05, 0.1) is 30.0 Å². The predicted octanol–water partition coefficient (Wildman–Crippen LogP) is 4.44. The fourth-order valence-electron chi connectivity index (χ4n) is 4.30. The van der Waals surface area contributed by atoms with Gasteiger partial charge in [0.15, 0.2) is 11.9 Å². The fourth-order valence-corrected chi connectivity index (χ4v) is 4.48. The minimum absolute atomic E-state index is 0.0246. The molecule has 2 atom stereocenters. The van der Waals surface area contributed by atoms with Gasteiger partial charge in [-0.2, -0.15) is 5.10 Å². The lowest BCUT2D eigenvalue weighted by molar-refractivity contribution is -0.0262. The summed E-state index contributed by atoms with van der Waals surface area (Å²) < 4.78 is 13.3.